The molecule has 1 aromatic heterocycles. The maximum atomic E-state index is 12.9. The maximum Gasteiger partial charge on any atom is 0.267 e. The van der Waals surface area contributed by atoms with Gasteiger partial charge in [0.2, 0.25) is 16.9 Å². The highest BCUT2D eigenvalue weighted by atomic mass is 32.2. The number of carbonyl (C=O) groups excluding carboxylic acids is 2. The second-order valence-electron chi connectivity index (χ2n) is 5.86. The molecule has 0 spiro atoms. The number of aryl methyl sites for hydroxylation is 1. The van der Waals surface area contributed by atoms with Gasteiger partial charge in [-0.15, -0.1) is 10.2 Å². The van der Waals surface area contributed by atoms with Gasteiger partial charge in [-0.25, -0.2) is 12.7 Å². The Bertz CT molecular complexity index is 956. The van der Waals surface area contributed by atoms with Crippen LogP contribution in [0.5, 0.6) is 0 Å². The molecule has 3 rings (SSSR count). The summed E-state index contributed by atoms with van der Waals surface area (Å²) in [6, 6.07) is 5.07. The molecule has 2 amide bonds. The van der Waals surface area contributed by atoms with Gasteiger partial charge in [0.05, 0.1) is 4.90 Å². The van der Waals surface area contributed by atoms with Crippen molar-refractivity contribution in [1.29, 1.82) is 0 Å². The summed E-state index contributed by atoms with van der Waals surface area (Å²) in [6.45, 7) is 3.81. The normalized spacial score (nSPS) is 17.3. The Hall–Kier alpha value is -1.98. The number of rotatable bonds is 6. The second-order valence-corrected chi connectivity index (χ2v) is 10.2. The van der Waals surface area contributed by atoms with Crippen molar-refractivity contribution >= 4 is 50.1 Å². The molecule has 0 bridgehead atoms. The lowest BCUT2D eigenvalue weighted by molar-refractivity contribution is -0.128. The zero-order chi connectivity index (χ0) is 19.6. The largest absolute Gasteiger partial charge is 0.299 e. The number of anilines is 1. The molecule has 1 aliphatic rings. The fourth-order valence-corrected chi connectivity index (χ4v) is 5.91. The van der Waals surface area contributed by atoms with Crippen molar-refractivity contribution in [2.24, 2.45) is 0 Å². The molecule has 0 unspecified atom stereocenters. The predicted octanol–water partition coefficient (Wildman–Crippen LogP) is 2.28. The Balaban J connectivity index is 1.82. The number of nitrogens with one attached hydrogen (secondary N) is 1. The average Bonchev–Trinajstić information content (AvgIpc) is 3.22. The number of carbonyl (C=O) groups is 2. The minimum atomic E-state index is -4.11. The number of nitrogens with zero attached hydrogens (tertiary/aromatic N) is 3. The van der Waals surface area contributed by atoms with Crippen molar-refractivity contribution in [2.75, 3.05) is 11.1 Å². The molecule has 1 aliphatic heterocycles. The topological polar surface area (TPSA) is 109 Å². The van der Waals surface area contributed by atoms with Gasteiger partial charge in [0, 0.05) is 6.42 Å². The second kappa shape index (κ2) is 7.95. The van der Waals surface area contributed by atoms with Gasteiger partial charge >= 0.3 is 0 Å². The first-order valence-corrected chi connectivity index (χ1v) is 11.5. The number of thioether (sulfide) groups is 1. The van der Waals surface area contributed by atoms with Gasteiger partial charge in [0.1, 0.15) is 6.04 Å². The standard InChI is InChI=1S/C16H18N4O4S3/c1-3-25-16-19-18-15(26-16)17-14(22)12-8-9-13(21)20(12)27(23,24)11-6-4-10(2)5-7-11/h4-7,12H,3,8-9H2,1-2H3,(H,17,18,22)/t12-/m1/s1. The van der Waals surface area contributed by atoms with Crippen molar-refractivity contribution in [1.82, 2.24) is 14.5 Å². The summed E-state index contributed by atoms with van der Waals surface area (Å²) >= 11 is 2.70. The molecule has 0 radical (unpaired) electrons. The SMILES string of the molecule is CCSc1nnc(NC(=O)[C@H]2CCC(=O)N2S(=O)(=O)c2ccc(C)cc2)s1. The molecule has 2 aromatic rings. The van der Waals surface area contributed by atoms with Gasteiger partial charge in [-0.2, -0.15) is 0 Å². The van der Waals surface area contributed by atoms with E-state index in [-0.39, 0.29) is 22.9 Å². The van der Waals surface area contributed by atoms with E-state index in [1.54, 1.807) is 12.1 Å². The summed E-state index contributed by atoms with van der Waals surface area (Å²) in [4.78, 5) is 24.9. The van der Waals surface area contributed by atoms with E-state index < -0.39 is 27.9 Å². The van der Waals surface area contributed by atoms with Gasteiger partial charge in [-0.1, -0.05) is 47.7 Å². The highest BCUT2D eigenvalue weighted by Gasteiger charge is 2.44. The number of benzene rings is 1. The van der Waals surface area contributed by atoms with Crippen LogP contribution in [0.4, 0.5) is 5.13 Å². The van der Waals surface area contributed by atoms with E-state index >= 15 is 0 Å². The van der Waals surface area contributed by atoms with Crippen LogP contribution in [0, 0.1) is 6.92 Å². The van der Waals surface area contributed by atoms with Crippen molar-refractivity contribution in [3.63, 3.8) is 0 Å². The Labute approximate surface area is 165 Å². The summed E-state index contributed by atoms with van der Waals surface area (Å²) < 4.78 is 27.2. The molecular weight excluding hydrogens is 408 g/mol. The predicted molar refractivity (Wildman–Crippen MR) is 103 cm³/mol. The zero-order valence-corrected chi connectivity index (χ0v) is 17.2. The highest BCUT2D eigenvalue weighted by Crippen LogP contribution is 2.30. The third-order valence-corrected chi connectivity index (χ3v) is 7.64. The van der Waals surface area contributed by atoms with Crippen molar-refractivity contribution in [3.05, 3.63) is 29.8 Å². The smallest absolute Gasteiger partial charge is 0.267 e. The van der Waals surface area contributed by atoms with Crippen LogP contribution in [0.2, 0.25) is 0 Å². The Kier molecular flexibility index (Phi) is 5.82. The summed E-state index contributed by atoms with van der Waals surface area (Å²) in [5, 5.41) is 10.7. The maximum absolute atomic E-state index is 12.9. The first-order chi connectivity index (χ1) is 12.8. The van der Waals surface area contributed by atoms with Crippen LogP contribution < -0.4 is 5.32 Å². The quantitative estimate of drug-likeness (QED) is 0.557. The van der Waals surface area contributed by atoms with E-state index in [0.29, 0.717) is 8.64 Å². The Morgan fingerprint density at radius 2 is 2.04 bits per heavy atom. The molecule has 0 saturated carbocycles. The summed E-state index contributed by atoms with van der Waals surface area (Å²) in [6.07, 6.45) is 0.126. The minimum Gasteiger partial charge on any atom is -0.299 e. The first kappa shape index (κ1) is 19.8. The van der Waals surface area contributed by atoms with Crippen LogP contribution in [0.3, 0.4) is 0 Å². The lowest BCUT2D eigenvalue weighted by atomic mass is 10.2. The molecule has 1 atom stereocenters. The van der Waals surface area contributed by atoms with E-state index in [4.69, 9.17) is 0 Å². The molecule has 1 fully saturated rings. The molecule has 0 aliphatic carbocycles. The fraction of sp³-hybridized carbons (Fsp3) is 0.375. The van der Waals surface area contributed by atoms with Crippen molar-refractivity contribution in [3.8, 4) is 0 Å². The van der Waals surface area contributed by atoms with E-state index in [2.05, 4.69) is 15.5 Å². The summed E-state index contributed by atoms with van der Waals surface area (Å²) in [5.41, 5.74) is 0.896. The number of aromatic nitrogens is 2. The monoisotopic (exact) mass is 426 g/mol. The summed E-state index contributed by atoms with van der Waals surface area (Å²) in [7, 11) is -4.11. The highest BCUT2D eigenvalue weighted by molar-refractivity contribution is 8.01. The fourth-order valence-electron chi connectivity index (χ4n) is 2.66. The summed E-state index contributed by atoms with van der Waals surface area (Å²) in [5.74, 6) is -0.349. The molecule has 2 heterocycles. The van der Waals surface area contributed by atoms with Gasteiger partial charge in [0.15, 0.2) is 4.34 Å². The third kappa shape index (κ3) is 4.14. The van der Waals surface area contributed by atoms with Crippen molar-refractivity contribution < 1.29 is 18.0 Å². The zero-order valence-electron chi connectivity index (χ0n) is 14.7. The van der Waals surface area contributed by atoms with Gasteiger partial charge in [-0.05, 0) is 31.2 Å². The number of amides is 2. The lowest BCUT2D eigenvalue weighted by Crippen LogP contribution is -2.45. The molecule has 27 heavy (non-hydrogen) atoms. The first-order valence-electron chi connectivity index (χ1n) is 8.24. The molecule has 8 nitrogen and oxygen atoms in total. The van der Waals surface area contributed by atoms with Gasteiger partial charge in [0.25, 0.3) is 10.0 Å². The molecule has 144 valence electrons. The van der Waals surface area contributed by atoms with Crippen LogP contribution in [-0.2, 0) is 19.6 Å². The molecular formula is C16H18N4O4S3. The van der Waals surface area contributed by atoms with Crippen LogP contribution in [0.15, 0.2) is 33.5 Å². The van der Waals surface area contributed by atoms with Crippen LogP contribution in [0.25, 0.3) is 0 Å². The van der Waals surface area contributed by atoms with E-state index in [0.717, 1.165) is 11.3 Å². The van der Waals surface area contributed by atoms with E-state index in [1.807, 2.05) is 13.8 Å². The molecule has 1 aromatic carbocycles. The van der Waals surface area contributed by atoms with Crippen molar-refractivity contribution in [2.45, 2.75) is 42.0 Å². The van der Waals surface area contributed by atoms with E-state index in [9.17, 15) is 18.0 Å². The molecule has 1 saturated heterocycles. The minimum absolute atomic E-state index is 0.00374. The number of hydrogen-bond donors (Lipinski definition) is 1. The molecule has 1 N–H and O–H groups in total. The Morgan fingerprint density at radius 1 is 1.33 bits per heavy atom. The van der Waals surface area contributed by atoms with Crippen LogP contribution in [-0.4, -0.2) is 46.5 Å². The van der Waals surface area contributed by atoms with Gasteiger partial charge < -0.3 is 0 Å². The van der Waals surface area contributed by atoms with E-state index in [1.165, 1.54) is 35.2 Å². The third-order valence-electron chi connectivity index (χ3n) is 3.95. The molecule has 11 heteroatoms. The van der Waals surface area contributed by atoms with Gasteiger partial charge in [-0.3, -0.25) is 14.9 Å². The number of sulfonamides is 1. The number of hydrogen-bond acceptors (Lipinski definition) is 8. The van der Waals surface area contributed by atoms with Crippen LogP contribution in [0.1, 0.15) is 25.3 Å². The average molecular weight is 427 g/mol. The lowest BCUT2D eigenvalue weighted by Gasteiger charge is -2.23. The van der Waals surface area contributed by atoms with Crippen LogP contribution >= 0.6 is 23.1 Å². The Morgan fingerprint density at radius 3 is 2.70 bits per heavy atom.